The molecule has 0 aliphatic carbocycles. The van der Waals surface area contributed by atoms with Gasteiger partial charge in [0.1, 0.15) is 0 Å². The van der Waals surface area contributed by atoms with Gasteiger partial charge in [-0.15, -0.1) is 11.8 Å². The van der Waals surface area contributed by atoms with E-state index in [0.29, 0.717) is 24.0 Å². The van der Waals surface area contributed by atoms with Crippen LogP contribution in [0.2, 0.25) is 0 Å². The summed E-state index contributed by atoms with van der Waals surface area (Å²) in [5, 5.41) is 6.73. The minimum absolute atomic E-state index is 0.0464. The molecule has 0 saturated heterocycles. The van der Waals surface area contributed by atoms with Crippen LogP contribution in [0, 0.1) is 6.92 Å². The molecule has 2 rings (SSSR count). The second-order valence-corrected chi connectivity index (χ2v) is 6.45. The van der Waals surface area contributed by atoms with Crippen LogP contribution in [0.1, 0.15) is 31.7 Å². The molecule has 0 spiro atoms. The van der Waals surface area contributed by atoms with Gasteiger partial charge in [0.15, 0.2) is 0 Å². The second-order valence-electron chi connectivity index (χ2n) is 5.12. The van der Waals surface area contributed by atoms with Crippen LogP contribution in [0.4, 0.5) is 0 Å². The Kier molecular flexibility index (Phi) is 6.00. The van der Waals surface area contributed by atoms with Crippen molar-refractivity contribution in [3.63, 3.8) is 0 Å². The van der Waals surface area contributed by atoms with Crippen molar-refractivity contribution < 1.29 is 9.32 Å². The van der Waals surface area contributed by atoms with Gasteiger partial charge in [-0.25, -0.2) is 0 Å². The Labute approximate surface area is 134 Å². The van der Waals surface area contributed by atoms with Gasteiger partial charge in [0.05, 0.1) is 11.0 Å². The van der Waals surface area contributed by atoms with Crippen molar-refractivity contribution in [3.05, 3.63) is 35.7 Å². The number of carbonyl (C=O) groups excluding carboxylic acids is 1. The Morgan fingerprint density at radius 2 is 2.09 bits per heavy atom. The zero-order valence-electron chi connectivity index (χ0n) is 13.1. The van der Waals surface area contributed by atoms with E-state index in [-0.39, 0.29) is 11.2 Å². The van der Waals surface area contributed by atoms with Crippen LogP contribution in [0.5, 0.6) is 0 Å². The molecule has 5 nitrogen and oxygen atoms in total. The van der Waals surface area contributed by atoms with E-state index in [9.17, 15) is 4.79 Å². The molecule has 0 aliphatic rings. The van der Waals surface area contributed by atoms with Crippen LogP contribution in [-0.2, 0) is 10.5 Å². The number of nitrogens with zero attached hydrogens (tertiary/aromatic N) is 2. The van der Waals surface area contributed by atoms with E-state index < -0.39 is 0 Å². The summed E-state index contributed by atoms with van der Waals surface area (Å²) in [6.07, 6.45) is 0.937. The number of benzene rings is 1. The normalized spacial score (nSPS) is 12.1. The highest BCUT2D eigenvalue weighted by Gasteiger charge is 2.15. The van der Waals surface area contributed by atoms with Gasteiger partial charge >= 0.3 is 0 Å². The van der Waals surface area contributed by atoms with Crippen molar-refractivity contribution in [3.8, 4) is 11.4 Å². The first-order chi connectivity index (χ1) is 10.6. The van der Waals surface area contributed by atoms with Crippen LogP contribution in [0.3, 0.4) is 0 Å². The van der Waals surface area contributed by atoms with Gasteiger partial charge in [-0.2, -0.15) is 4.98 Å². The third kappa shape index (κ3) is 4.59. The monoisotopic (exact) mass is 319 g/mol. The van der Waals surface area contributed by atoms with Gasteiger partial charge in [-0.05, 0) is 20.3 Å². The summed E-state index contributed by atoms with van der Waals surface area (Å²) in [5.74, 6) is 1.69. The molecule has 0 fully saturated rings. The first-order valence-corrected chi connectivity index (χ1v) is 8.44. The molecule has 0 aliphatic heterocycles. The predicted molar refractivity (Wildman–Crippen MR) is 88.5 cm³/mol. The van der Waals surface area contributed by atoms with Crippen LogP contribution in [-0.4, -0.2) is 27.8 Å². The third-order valence-electron chi connectivity index (χ3n) is 3.15. The molecule has 6 heteroatoms. The maximum atomic E-state index is 11.8. The minimum Gasteiger partial charge on any atom is -0.355 e. The number of hydrogen-bond acceptors (Lipinski definition) is 5. The van der Waals surface area contributed by atoms with Gasteiger partial charge < -0.3 is 9.84 Å². The molecule has 1 aromatic heterocycles. The maximum Gasteiger partial charge on any atom is 0.236 e. The molecule has 1 heterocycles. The number of amides is 1. The SMILES string of the molecule is CCCNC(=O)[C@H](C)SCc1nc(-c2ccc(C)cc2)no1. The molecule has 22 heavy (non-hydrogen) atoms. The Bertz CT molecular complexity index is 610. The Morgan fingerprint density at radius 1 is 1.36 bits per heavy atom. The van der Waals surface area contributed by atoms with Crippen molar-refractivity contribution in [2.45, 2.75) is 38.2 Å². The first-order valence-electron chi connectivity index (χ1n) is 7.39. The summed E-state index contributed by atoms with van der Waals surface area (Å²) in [5.41, 5.74) is 2.12. The molecular weight excluding hydrogens is 298 g/mol. The molecule has 118 valence electrons. The molecule has 1 atom stereocenters. The zero-order chi connectivity index (χ0) is 15.9. The standard InChI is InChI=1S/C16H21N3O2S/c1-4-9-17-16(20)12(3)22-10-14-18-15(19-21-14)13-7-5-11(2)6-8-13/h5-8,12H,4,9-10H2,1-3H3,(H,17,20)/t12-/m0/s1. The Balaban J connectivity index is 1.89. The second kappa shape index (κ2) is 7.98. The van der Waals surface area contributed by atoms with E-state index in [1.807, 2.05) is 45.0 Å². The third-order valence-corrected chi connectivity index (χ3v) is 4.28. The van der Waals surface area contributed by atoms with Gasteiger partial charge in [-0.1, -0.05) is 41.9 Å². The zero-order valence-corrected chi connectivity index (χ0v) is 13.9. The molecule has 0 unspecified atom stereocenters. The van der Waals surface area contributed by atoms with Gasteiger partial charge in [0, 0.05) is 12.1 Å². The van der Waals surface area contributed by atoms with Gasteiger partial charge in [0.2, 0.25) is 17.6 Å². The van der Waals surface area contributed by atoms with Crippen molar-refractivity contribution >= 4 is 17.7 Å². The molecule has 1 amide bonds. The largest absolute Gasteiger partial charge is 0.355 e. The van der Waals surface area contributed by atoms with Crippen LogP contribution >= 0.6 is 11.8 Å². The highest BCUT2D eigenvalue weighted by atomic mass is 32.2. The molecule has 2 aromatic rings. The molecule has 1 aromatic carbocycles. The summed E-state index contributed by atoms with van der Waals surface area (Å²) in [6.45, 7) is 6.66. The maximum absolute atomic E-state index is 11.8. The van der Waals surface area contributed by atoms with E-state index in [1.54, 1.807) is 0 Å². The van der Waals surface area contributed by atoms with Gasteiger partial charge in [-0.3, -0.25) is 4.79 Å². The van der Waals surface area contributed by atoms with Crippen molar-refractivity contribution in [1.29, 1.82) is 0 Å². The molecule has 0 saturated carbocycles. The number of aryl methyl sites for hydroxylation is 1. The van der Waals surface area contributed by atoms with Gasteiger partial charge in [0.25, 0.3) is 0 Å². The van der Waals surface area contributed by atoms with E-state index in [1.165, 1.54) is 17.3 Å². The smallest absolute Gasteiger partial charge is 0.236 e. The van der Waals surface area contributed by atoms with E-state index in [4.69, 9.17) is 4.52 Å². The number of thioether (sulfide) groups is 1. The summed E-state index contributed by atoms with van der Waals surface area (Å²) >= 11 is 1.49. The van der Waals surface area contributed by atoms with Crippen LogP contribution in [0.25, 0.3) is 11.4 Å². The number of nitrogens with one attached hydrogen (secondary N) is 1. The van der Waals surface area contributed by atoms with Crippen LogP contribution in [0.15, 0.2) is 28.8 Å². The molecule has 0 radical (unpaired) electrons. The average molecular weight is 319 g/mol. The van der Waals surface area contributed by atoms with E-state index >= 15 is 0 Å². The van der Waals surface area contributed by atoms with E-state index in [2.05, 4.69) is 15.5 Å². The summed E-state index contributed by atoms with van der Waals surface area (Å²) in [4.78, 5) is 16.2. The highest BCUT2D eigenvalue weighted by molar-refractivity contribution is 7.99. The molecular formula is C16H21N3O2S. The van der Waals surface area contributed by atoms with Crippen LogP contribution < -0.4 is 5.32 Å². The highest BCUT2D eigenvalue weighted by Crippen LogP contribution is 2.20. The fraction of sp³-hybridized carbons (Fsp3) is 0.438. The lowest BCUT2D eigenvalue weighted by Crippen LogP contribution is -2.31. The Morgan fingerprint density at radius 3 is 2.77 bits per heavy atom. The van der Waals surface area contributed by atoms with Crippen molar-refractivity contribution in [1.82, 2.24) is 15.5 Å². The number of carbonyl (C=O) groups is 1. The van der Waals surface area contributed by atoms with Crippen molar-refractivity contribution in [2.24, 2.45) is 0 Å². The predicted octanol–water partition coefficient (Wildman–Crippen LogP) is 3.19. The van der Waals surface area contributed by atoms with E-state index in [0.717, 1.165) is 12.0 Å². The lowest BCUT2D eigenvalue weighted by molar-refractivity contribution is -0.120. The summed E-state index contributed by atoms with van der Waals surface area (Å²) < 4.78 is 5.25. The first kappa shape index (κ1) is 16.5. The average Bonchev–Trinajstić information content (AvgIpc) is 2.99. The molecule has 0 bridgehead atoms. The topological polar surface area (TPSA) is 68.0 Å². The Hall–Kier alpha value is -1.82. The minimum atomic E-state index is -0.138. The van der Waals surface area contributed by atoms with Crippen molar-refractivity contribution in [2.75, 3.05) is 6.54 Å². The number of aromatic nitrogens is 2. The lowest BCUT2D eigenvalue weighted by Gasteiger charge is -2.09. The lowest BCUT2D eigenvalue weighted by atomic mass is 10.1. The summed E-state index contributed by atoms with van der Waals surface area (Å²) in [7, 11) is 0. The summed E-state index contributed by atoms with van der Waals surface area (Å²) in [6, 6.07) is 7.97. The number of hydrogen-bond donors (Lipinski definition) is 1. The fourth-order valence-corrected chi connectivity index (χ4v) is 2.54. The quantitative estimate of drug-likeness (QED) is 0.849. The molecule has 1 N–H and O–H groups in total. The number of rotatable bonds is 7. The fourth-order valence-electron chi connectivity index (χ4n) is 1.80.